The molecule has 1 aromatic carbocycles. The van der Waals surface area contributed by atoms with Gasteiger partial charge in [-0.15, -0.1) is 0 Å². The summed E-state index contributed by atoms with van der Waals surface area (Å²) in [4.78, 5) is 0. The number of halogens is 1. The Morgan fingerprint density at radius 1 is 1.56 bits per heavy atom. The zero-order chi connectivity index (χ0) is 12.0. The number of anilines is 1. The van der Waals surface area contributed by atoms with Crippen LogP contribution in [-0.4, -0.2) is 17.8 Å². The lowest BCUT2D eigenvalue weighted by Gasteiger charge is -2.12. The molecule has 0 heterocycles. The van der Waals surface area contributed by atoms with Crippen molar-refractivity contribution in [1.29, 1.82) is 5.26 Å². The average Bonchev–Trinajstić information content (AvgIpc) is 2.27. The normalized spacial score (nSPS) is 11.9. The van der Waals surface area contributed by atoms with Crippen molar-refractivity contribution in [2.75, 3.05) is 11.9 Å². The van der Waals surface area contributed by atoms with Gasteiger partial charge >= 0.3 is 0 Å². The van der Waals surface area contributed by atoms with Crippen molar-refractivity contribution in [2.24, 2.45) is 0 Å². The standard InChI is InChI=1S/C12H15BrN2O/c1-2-3-11(16)8-15-12-5-4-10(13)6-9(12)7-14/h4-6,11,15-16H,2-3,8H2,1H3. The lowest BCUT2D eigenvalue weighted by atomic mass is 10.1. The van der Waals surface area contributed by atoms with Crippen molar-refractivity contribution in [3.8, 4) is 6.07 Å². The molecule has 16 heavy (non-hydrogen) atoms. The Morgan fingerprint density at radius 3 is 2.94 bits per heavy atom. The van der Waals surface area contributed by atoms with Gasteiger partial charge in [-0.1, -0.05) is 29.3 Å². The van der Waals surface area contributed by atoms with Gasteiger partial charge < -0.3 is 10.4 Å². The Balaban J connectivity index is 2.64. The average molecular weight is 283 g/mol. The number of nitrogens with zero attached hydrogens (tertiary/aromatic N) is 1. The highest BCUT2D eigenvalue weighted by Crippen LogP contribution is 2.20. The molecule has 1 rings (SSSR count). The van der Waals surface area contributed by atoms with Gasteiger partial charge in [0.2, 0.25) is 0 Å². The van der Waals surface area contributed by atoms with Gasteiger partial charge in [0.1, 0.15) is 6.07 Å². The van der Waals surface area contributed by atoms with Crippen molar-refractivity contribution in [2.45, 2.75) is 25.9 Å². The molecule has 0 aliphatic heterocycles. The first-order chi connectivity index (χ1) is 7.67. The smallest absolute Gasteiger partial charge is 0.101 e. The van der Waals surface area contributed by atoms with Gasteiger partial charge in [0, 0.05) is 11.0 Å². The van der Waals surface area contributed by atoms with Gasteiger partial charge in [0.15, 0.2) is 0 Å². The fraction of sp³-hybridized carbons (Fsp3) is 0.417. The number of hydrogen-bond acceptors (Lipinski definition) is 3. The summed E-state index contributed by atoms with van der Waals surface area (Å²) in [7, 11) is 0. The van der Waals surface area contributed by atoms with Crippen LogP contribution in [0.25, 0.3) is 0 Å². The Hall–Kier alpha value is -1.05. The van der Waals surface area contributed by atoms with Gasteiger partial charge in [0.25, 0.3) is 0 Å². The van der Waals surface area contributed by atoms with Crippen LogP contribution < -0.4 is 5.32 Å². The monoisotopic (exact) mass is 282 g/mol. The number of nitrogens with one attached hydrogen (secondary N) is 1. The van der Waals surface area contributed by atoms with E-state index in [1.54, 1.807) is 6.07 Å². The predicted octanol–water partition coefficient (Wildman–Crippen LogP) is 2.89. The maximum Gasteiger partial charge on any atom is 0.101 e. The minimum atomic E-state index is -0.361. The van der Waals surface area contributed by atoms with E-state index in [0.29, 0.717) is 12.1 Å². The quantitative estimate of drug-likeness (QED) is 0.873. The summed E-state index contributed by atoms with van der Waals surface area (Å²) in [5.74, 6) is 0. The third kappa shape index (κ3) is 3.84. The van der Waals surface area contributed by atoms with Gasteiger partial charge in [-0.25, -0.2) is 0 Å². The molecule has 0 amide bonds. The second kappa shape index (κ2) is 6.51. The SMILES string of the molecule is CCCC(O)CNc1ccc(Br)cc1C#N. The molecule has 1 unspecified atom stereocenters. The maximum atomic E-state index is 9.57. The molecule has 0 aromatic heterocycles. The van der Waals surface area contributed by atoms with E-state index >= 15 is 0 Å². The largest absolute Gasteiger partial charge is 0.391 e. The van der Waals surface area contributed by atoms with Gasteiger partial charge in [-0.05, 0) is 24.6 Å². The molecule has 2 N–H and O–H groups in total. The molecule has 1 atom stereocenters. The van der Waals surface area contributed by atoms with Crippen molar-refractivity contribution in [3.05, 3.63) is 28.2 Å². The molecule has 1 aromatic rings. The fourth-order valence-corrected chi connectivity index (χ4v) is 1.79. The van der Waals surface area contributed by atoms with Gasteiger partial charge in [-0.3, -0.25) is 0 Å². The minimum Gasteiger partial charge on any atom is -0.391 e. The van der Waals surface area contributed by atoms with E-state index in [4.69, 9.17) is 5.26 Å². The van der Waals surface area contributed by atoms with Gasteiger partial charge in [0.05, 0.1) is 17.4 Å². The second-order valence-electron chi connectivity index (χ2n) is 3.63. The van der Waals surface area contributed by atoms with Crippen LogP contribution in [-0.2, 0) is 0 Å². The highest BCUT2D eigenvalue weighted by Gasteiger charge is 2.05. The summed E-state index contributed by atoms with van der Waals surface area (Å²) in [5.41, 5.74) is 1.35. The molecule has 4 heteroatoms. The molecule has 0 bridgehead atoms. The van der Waals surface area contributed by atoms with Crippen LogP contribution >= 0.6 is 15.9 Å². The van der Waals surface area contributed by atoms with E-state index in [2.05, 4.69) is 27.3 Å². The second-order valence-corrected chi connectivity index (χ2v) is 4.54. The Kier molecular flexibility index (Phi) is 5.30. The summed E-state index contributed by atoms with van der Waals surface area (Å²) in [6, 6.07) is 7.58. The number of rotatable bonds is 5. The van der Waals surface area contributed by atoms with Crippen LogP contribution in [0.1, 0.15) is 25.3 Å². The van der Waals surface area contributed by atoms with E-state index in [-0.39, 0.29) is 6.10 Å². The molecule has 0 saturated heterocycles. The lowest BCUT2D eigenvalue weighted by Crippen LogP contribution is -2.19. The number of aliphatic hydroxyl groups is 1. The zero-order valence-electron chi connectivity index (χ0n) is 9.20. The van der Waals surface area contributed by atoms with Crippen LogP contribution in [0.5, 0.6) is 0 Å². The topological polar surface area (TPSA) is 56.0 Å². The zero-order valence-corrected chi connectivity index (χ0v) is 10.8. The maximum absolute atomic E-state index is 9.57. The van der Waals surface area contributed by atoms with Crippen molar-refractivity contribution in [3.63, 3.8) is 0 Å². The molecule has 86 valence electrons. The summed E-state index contributed by atoms with van der Waals surface area (Å²) in [5, 5.41) is 21.6. The molecule has 0 aliphatic carbocycles. The molecule has 0 fully saturated rings. The molecule has 0 aliphatic rings. The first-order valence-corrected chi connectivity index (χ1v) is 6.08. The number of benzene rings is 1. The van der Waals surface area contributed by atoms with E-state index in [0.717, 1.165) is 23.0 Å². The lowest BCUT2D eigenvalue weighted by molar-refractivity contribution is 0.176. The van der Waals surface area contributed by atoms with Gasteiger partial charge in [-0.2, -0.15) is 5.26 Å². The van der Waals surface area contributed by atoms with E-state index < -0.39 is 0 Å². The highest BCUT2D eigenvalue weighted by atomic mass is 79.9. The Morgan fingerprint density at radius 2 is 2.31 bits per heavy atom. The summed E-state index contributed by atoms with van der Waals surface area (Å²) < 4.78 is 0.878. The van der Waals surface area contributed by atoms with Crippen LogP contribution in [0.3, 0.4) is 0 Å². The molecular formula is C12H15BrN2O. The number of hydrogen-bond donors (Lipinski definition) is 2. The summed E-state index contributed by atoms with van der Waals surface area (Å²) >= 11 is 3.31. The Labute approximate surface area is 104 Å². The highest BCUT2D eigenvalue weighted by molar-refractivity contribution is 9.10. The van der Waals surface area contributed by atoms with E-state index in [9.17, 15) is 5.11 Å². The minimum absolute atomic E-state index is 0.361. The van der Waals surface area contributed by atoms with Crippen molar-refractivity contribution in [1.82, 2.24) is 0 Å². The van der Waals surface area contributed by atoms with Crippen LogP contribution in [0.4, 0.5) is 5.69 Å². The first kappa shape index (κ1) is 13.0. The fourth-order valence-electron chi connectivity index (χ4n) is 1.43. The summed E-state index contributed by atoms with van der Waals surface area (Å²) in [6.45, 7) is 2.51. The molecular weight excluding hydrogens is 268 g/mol. The van der Waals surface area contributed by atoms with E-state index in [1.165, 1.54) is 0 Å². The van der Waals surface area contributed by atoms with Crippen LogP contribution in [0.2, 0.25) is 0 Å². The molecule has 0 spiro atoms. The molecule has 0 radical (unpaired) electrons. The first-order valence-electron chi connectivity index (χ1n) is 5.29. The third-order valence-electron chi connectivity index (χ3n) is 2.25. The van der Waals surface area contributed by atoms with Crippen molar-refractivity contribution >= 4 is 21.6 Å². The van der Waals surface area contributed by atoms with Crippen LogP contribution in [0.15, 0.2) is 22.7 Å². The molecule has 0 saturated carbocycles. The van der Waals surface area contributed by atoms with Crippen molar-refractivity contribution < 1.29 is 5.11 Å². The number of nitriles is 1. The van der Waals surface area contributed by atoms with Crippen LogP contribution in [0, 0.1) is 11.3 Å². The molecule has 3 nitrogen and oxygen atoms in total. The number of aliphatic hydroxyl groups excluding tert-OH is 1. The Bertz CT molecular complexity index is 387. The third-order valence-corrected chi connectivity index (χ3v) is 2.75. The predicted molar refractivity (Wildman–Crippen MR) is 68.3 cm³/mol. The van der Waals surface area contributed by atoms with E-state index in [1.807, 2.05) is 19.1 Å². The summed E-state index contributed by atoms with van der Waals surface area (Å²) in [6.07, 6.45) is 1.36.